The van der Waals surface area contributed by atoms with E-state index in [9.17, 15) is 9.59 Å². The average Bonchev–Trinajstić information content (AvgIpc) is 3.01. The summed E-state index contributed by atoms with van der Waals surface area (Å²) in [5, 5.41) is 0. The molecular weight excluding hydrogens is 318 g/mol. The first kappa shape index (κ1) is 17.5. The van der Waals surface area contributed by atoms with Gasteiger partial charge in [0.05, 0.1) is 6.42 Å². The van der Waals surface area contributed by atoms with Crippen molar-refractivity contribution in [2.75, 3.05) is 26.2 Å². The number of benzene rings is 1. The average molecular weight is 343 g/mol. The number of aromatic nitrogens is 1. The summed E-state index contributed by atoms with van der Waals surface area (Å²) in [6.45, 7) is 8.62. The van der Waals surface area contributed by atoms with Gasteiger partial charge >= 0.3 is 0 Å². The van der Waals surface area contributed by atoms with Crippen molar-refractivity contribution < 1.29 is 14.0 Å². The van der Waals surface area contributed by atoms with E-state index in [1.54, 1.807) is 0 Å². The van der Waals surface area contributed by atoms with Gasteiger partial charge in [-0.25, -0.2) is 4.98 Å². The van der Waals surface area contributed by atoms with E-state index >= 15 is 0 Å². The number of hydrogen-bond acceptors (Lipinski definition) is 4. The molecule has 0 N–H and O–H groups in total. The first-order valence-electron chi connectivity index (χ1n) is 8.69. The van der Waals surface area contributed by atoms with Gasteiger partial charge in [0, 0.05) is 32.6 Å². The second-order valence-electron chi connectivity index (χ2n) is 7.83. The minimum absolute atomic E-state index is 0.0105. The molecule has 1 aliphatic heterocycles. The van der Waals surface area contributed by atoms with Crippen molar-refractivity contribution >= 4 is 22.9 Å². The van der Waals surface area contributed by atoms with Crippen molar-refractivity contribution in [2.45, 2.75) is 33.6 Å². The van der Waals surface area contributed by atoms with Crippen LogP contribution in [0.2, 0.25) is 0 Å². The molecule has 1 aromatic heterocycles. The molecular formula is C19H25N3O3. The number of carbonyl (C=O) groups excluding carboxylic acids is 2. The van der Waals surface area contributed by atoms with Gasteiger partial charge in [-0.2, -0.15) is 0 Å². The van der Waals surface area contributed by atoms with Crippen LogP contribution in [0.3, 0.4) is 0 Å². The van der Waals surface area contributed by atoms with Crippen molar-refractivity contribution in [1.29, 1.82) is 0 Å². The SMILES string of the molecule is CC(C)(C)CC(=O)N1CCN(C(=O)Cc2ccc3ncoc3c2)CC1. The van der Waals surface area contributed by atoms with Crippen molar-refractivity contribution in [3.8, 4) is 0 Å². The van der Waals surface area contributed by atoms with E-state index in [0.29, 0.717) is 44.6 Å². The van der Waals surface area contributed by atoms with Crippen LogP contribution >= 0.6 is 0 Å². The number of carbonyl (C=O) groups is 2. The van der Waals surface area contributed by atoms with E-state index in [4.69, 9.17) is 4.42 Å². The highest BCUT2D eigenvalue weighted by molar-refractivity contribution is 5.82. The molecule has 3 rings (SSSR count). The Balaban J connectivity index is 1.53. The van der Waals surface area contributed by atoms with E-state index in [1.165, 1.54) is 6.39 Å². The molecule has 1 saturated heterocycles. The molecule has 1 aliphatic rings. The lowest BCUT2D eigenvalue weighted by molar-refractivity contribution is -0.140. The van der Waals surface area contributed by atoms with E-state index in [-0.39, 0.29) is 17.2 Å². The van der Waals surface area contributed by atoms with Crippen LogP contribution in [0, 0.1) is 5.41 Å². The number of oxazole rings is 1. The van der Waals surface area contributed by atoms with Crippen LogP contribution in [0.25, 0.3) is 11.1 Å². The van der Waals surface area contributed by atoms with Gasteiger partial charge in [-0.3, -0.25) is 9.59 Å². The molecule has 1 aromatic carbocycles. The molecule has 0 bridgehead atoms. The largest absolute Gasteiger partial charge is 0.443 e. The van der Waals surface area contributed by atoms with Crippen LogP contribution in [0.15, 0.2) is 29.0 Å². The van der Waals surface area contributed by atoms with Crippen LogP contribution in [-0.4, -0.2) is 52.8 Å². The fourth-order valence-corrected chi connectivity index (χ4v) is 3.07. The lowest BCUT2D eigenvalue weighted by Crippen LogP contribution is -2.51. The maximum absolute atomic E-state index is 12.5. The topological polar surface area (TPSA) is 66.7 Å². The van der Waals surface area contributed by atoms with Crippen LogP contribution in [0.1, 0.15) is 32.8 Å². The zero-order valence-corrected chi connectivity index (χ0v) is 15.1. The summed E-state index contributed by atoms with van der Waals surface area (Å²) in [5.41, 5.74) is 2.40. The van der Waals surface area contributed by atoms with Gasteiger partial charge in [-0.15, -0.1) is 0 Å². The smallest absolute Gasteiger partial charge is 0.227 e. The second-order valence-corrected chi connectivity index (χ2v) is 7.83. The third kappa shape index (κ3) is 4.38. The molecule has 0 aliphatic carbocycles. The Morgan fingerprint density at radius 1 is 1.08 bits per heavy atom. The van der Waals surface area contributed by atoms with Gasteiger partial charge < -0.3 is 14.2 Å². The minimum atomic E-state index is -0.0105. The van der Waals surface area contributed by atoms with E-state index in [0.717, 1.165) is 11.1 Å². The van der Waals surface area contributed by atoms with Crippen molar-refractivity contribution in [3.63, 3.8) is 0 Å². The fraction of sp³-hybridized carbons (Fsp3) is 0.526. The number of fused-ring (bicyclic) bond motifs is 1. The normalized spacial score (nSPS) is 15.6. The first-order chi connectivity index (χ1) is 11.8. The van der Waals surface area contributed by atoms with Crippen LogP contribution in [0.5, 0.6) is 0 Å². The summed E-state index contributed by atoms with van der Waals surface area (Å²) in [4.78, 5) is 32.6. The van der Waals surface area contributed by atoms with Crippen LogP contribution in [0.4, 0.5) is 0 Å². The summed E-state index contributed by atoms with van der Waals surface area (Å²) in [6.07, 6.45) is 2.29. The molecule has 6 heteroatoms. The molecule has 25 heavy (non-hydrogen) atoms. The molecule has 0 unspecified atom stereocenters. The van der Waals surface area contributed by atoms with Crippen LogP contribution in [-0.2, 0) is 16.0 Å². The summed E-state index contributed by atoms with van der Waals surface area (Å²) in [7, 11) is 0. The zero-order chi connectivity index (χ0) is 18.0. The fourth-order valence-electron chi connectivity index (χ4n) is 3.07. The van der Waals surface area contributed by atoms with E-state index < -0.39 is 0 Å². The highest BCUT2D eigenvalue weighted by atomic mass is 16.3. The van der Waals surface area contributed by atoms with Crippen LogP contribution < -0.4 is 0 Å². The number of piperazine rings is 1. The monoisotopic (exact) mass is 343 g/mol. The summed E-state index contributed by atoms with van der Waals surface area (Å²) >= 11 is 0. The van der Waals surface area contributed by atoms with Gasteiger partial charge in [0.25, 0.3) is 0 Å². The Hall–Kier alpha value is -2.37. The van der Waals surface area contributed by atoms with Gasteiger partial charge in [0.15, 0.2) is 12.0 Å². The number of rotatable bonds is 3. The standard InChI is InChI=1S/C19H25N3O3/c1-19(2,3)12-18(24)22-8-6-21(7-9-22)17(23)11-14-4-5-15-16(10-14)25-13-20-15/h4-5,10,13H,6-9,11-12H2,1-3H3. The van der Waals surface area contributed by atoms with Gasteiger partial charge in [-0.1, -0.05) is 26.8 Å². The molecule has 0 spiro atoms. The quantitative estimate of drug-likeness (QED) is 0.859. The predicted molar refractivity (Wildman–Crippen MR) is 94.9 cm³/mol. The summed E-state index contributed by atoms with van der Waals surface area (Å²) in [5.74, 6) is 0.261. The third-order valence-electron chi connectivity index (χ3n) is 4.42. The highest BCUT2D eigenvalue weighted by Gasteiger charge is 2.26. The zero-order valence-electron chi connectivity index (χ0n) is 15.1. The van der Waals surface area contributed by atoms with Crippen molar-refractivity contribution in [2.24, 2.45) is 5.41 Å². The highest BCUT2D eigenvalue weighted by Crippen LogP contribution is 2.21. The van der Waals surface area contributed by atoms with Gasteiger partial charge in [-0.05, 0) is 23.1 Å². The van der Waals surface area contributed by atoms with E-state index in [1.807, 2.05) is 28.0 Å². The Bertz CT molecular complexity index is 768. The lowest BCUT2D eigenvalue weighted by atomic mass is 9.91. The molecule has 2 heterocycles. The second kappa shape index (κ2) is 6.86. The molecule has 0 atom stereocenters. The number of amides is 2. The molecule has 2 amide bonds. The Kier molecular flexibility index (Phi) is 4.79. The maximum Gasteiger partial charge on any atom is 0.227 e. The Morgan fingerprint density at radius 2 is 1.72 bits per heavy atom. The number of hydrogen-bond donors (Lipinski definition) is 0. The van der Waals surface area contributed by atoms with Crippen molar-refractivity contribution in [3.05, 3.63) is 30.2 Å². The molecule has 1 fully saturated rings. The van der Waals surface area contributed by atoms with Gasteiger partial charge in [0.2, 0.25) is 11.8 Å². The third-order valence-corrected chi connectivity index (χ3v) is 4.42. The molecule has 2 aromatic rings. The van der Waals surface area contributed by atoms with Gasteiger partial charge in [0.1, 0.15) is 5.52 Å². The lowest BCUT2D eigenvalue weighted by Gasteiger charge is -2.36. The molecule has 134 valence electrons. The Labute approximate surface area is 147 Å². The maximum atomic E-state index is 12.5. The summed E-state index contributed by atoms with van der Waals surface area (Å²) in [6, 6.07) is 5.64. The predicted octanol–water partition coefficient (Wildman–Crippen LogP) is 2.48. The molecule has 0 saturated carbocycles. The molecule has 0 radical (unpaired) electrons. The number of nitrogens with zero attached hydrogens (tertiary/aromatic N) is 3. The summed E-state index contributed by atoms with van der Waals surface area (Å²) < 4.78 is 5.29. The Morgan fingerprint density at radius 3 is 2.36 bits per heavy atom. The minimum Gasteiger partial charge on any atom is -0.443 e. The first-order valence-corrected chi connectivity index (χ1v) is 8.69. The molecule has 6 nitrogen and oxygen atoms in total. The van der Waals surface area contributed by atoms with Crippen molar-refractivity contribution in [1.82, 2.24) is 14.8 Å². The van der Waals surface area contributed by atoms with E-state index in [2.05, 4.69) is 25.8 Å².